The molecule has 0 unspecified atom stereocenters. The van der Waals surface area contributed by atoms with Crippen LogP contribution < -0.4 is 9.47 Å². The van der Waals surface area contributed by atoms with Crippen LogP contribution in [0.2, 0.25) is 0 Å². The second-order valence-electron chi connectivity index (χ2n) is 7.73. The highest BCUT2D eigenvalue weighted by atomic mass is 16.5. The van der Waals surface area contributed by atoms with Crippen molar-refractivity contribution < 1.29 is 14.3 Å². The Morgan fingerprint density at radius 3 is 2.22 bits per heavy atom. The van der Waals surface area contributed by atoms with E-state index in [2.05, 4.69) is 9.80 Å². The first-order chi connectivity index (χ1) is 13.3. The fourth-order valence-electron chi connectivity index (χ4n) is 4.10. The maximum absolute atomic E-state index is 12.8. The van der Waals surface area contributed by atoms with Crippen molar-refractivity contribution in [1.82, 2.24) is 9.80 Å². The Labute approximate surface area is 163 Å². The van der Waals surface area contributed by atoms with Crippen molar-refractivity contribution in [2.24, 2.45) is 5.92 Å². The van der Waals surface area contributed by atoms with Gasteiger partial charge in [-0.05, 0) is 69.5 Å². The minimum atomic E-state index is 0.245. The van der Waals surface area contributed by atoms with Gasteiger partial charge in [-0.15, -0.1) is 0 Å². The topological polar surface area (TPSA) is 42.0 Å². The zero-order valence-electron chi connectivity index (χ0n) is 16.7. The van der Waals surface area contributed by atoms with E-state index in [1.165, 1.54) is 25.7 Å². The summed E-state index contributed by atoms with van der Waals surface area (Å²) in [6.45, 7) is 5.78. The van der Waals surface area contributed by atoms with Crippen LogP contribution in [0.4, 0.5) is 0 Å². The van der Waals surface area contributed by atoms with Crippen molar-refractivity contribution in [3.05, 3.63) is 24.3 Å². The van der Waals surface area contributed by atoms with Gasteiger partial charge in [0.1, 0.15) is 11.5 Å². The van der Waals surface area contributed by atoms with E-state index in [4.69, 9.17) is 9.47 Å². The normalized spacial score (nSPS) is 19.5. The first-order valence-corrected chi connectivity index (χ1v) is 10.5. The lowest BCUT2D eigenvalue weighted by molar-refractivity contribution is -0.137. The number of carbonyl (C=O) groups excluding carboxylic acids is 1. The van der Waals surface area contributed by atoms with E-state index in [1.54, 1.807) is 7.11 Å². The van der Waals surface area contributed by atoms with Crippen molar-refractivity contribution in [2.75, 3.05) is 46.4 Å². The van der Waals surface area contributed by atoms with Crippen molar-refractivity contribution in [3.8, 4) is 11.5 Å². The molecule has 3 rings (SSSR count). The van der Waals surface area contributed by atoms with Crippen LogP contribution in [-0.2, 0) is 4.79 Å². The molecule has 2 saturated heterocycles. The SMILES string of the molecule is COc1ccc(OCCCN2CCC(C(=O)N3CCCCCC3)CC2)cc1. The maximum Gasteiger partial charge on any atom is 0.225 e. The largest absolute Gasteiger partial charge is 0.497 e. The summed E-state index contributed by atoms with van der Waals surface area (Å²) in [6, 6.07) is 7.72. The first kappa shape index (κ1) is 20.0. The number of hydrogen-bond donors (Lipinski definition) is 0. The number of piperidine rings is 1. The lowest BCUT2D eigenvalue weighted by Crippen LogP contribution is -2.43. The molecule has 0 bridgehead atoms. The third-order valence-electron chi connectivity index (χ3n) is 5.80. The fourth-order valence-corrected chi connectivity index (χ4v) is 4.10. The van der Waals surface area contributed by atoms with Gasteiger partial charge in [-0.25, -0.2) is 0 Å². The van der Waals surface area contributed by atoms with Gasteiger partial charge in [0.15, 0.2) is 0 Å². The molecule has 5 heteroatoms. The van der Waals surface area contributed by atoms with Gasteiger partial charge in [-0.2, -0.15) is 0 Å². The predicted molar refractivity (Wildman–Crippen MR) is 107 cm³/mol. The Kier molecular flexibility index (Phi) is 7.81. The minimum Gasteiger partial charge on any atom is -0.497 e. The van der Waals surface area contributed by atoms with Gasteiger partial charge in [-0.3, -0.25) is 4.79 Å². The fraction of sp³-hybridized carbons (Fsp3) is 0.682. The summed E-state index contributed by atoms with van der Waals surface area (Å²) in [5.41, 5.74) is 0. The number of nitrogens with zero attached hydrogens (tertiary/aromatic N) is 2. The molecule has 27 heavy (non-hydrogen) atoms. The van der Waals surface area contributed by atoms with E-state index < -0.39 is 0 Å². The maximum atomic E-state index is 12.8. The number of benzene rings is 1. The Morgan fingerprint density at radius 2 is 1.59 bits per heavy atom. The molecule has 5 nitrogen and oxygen atoms in total. The molecule has 2 fully saturated rings. The number of rotatable bonds is 7. The van der Waals surface area contributed by atoms with Gasteiger partial charge in [-0.1, -0.05) is 12.8 Å². The van der Waals surface area contributed by atoms with E-state index in [1.807, 2.05) is 24.3 Å². The van der Waals surface area contributed by atoms with E-state index in [0.717, 1.165) is 70.1 Å². The molecule has 1 amide bonds. The number of likely N-dealkylation sites (tertiary alicyclic amines) is 2. The summed E-state index contributed by atoms with van der Waals surface area (Å²) >= 11 is 0. The quantitative estimate of drug-likeness (QED) is 0.684. The molecule has 2 aliphatic rings. The molecule has 0 atom stereocenters. The molecule has 0 N–H and O–H groups in total. The third-order valence-corrected chi connectivity index (χ3v) is 5.80. The summed E-state index contributed by atoms with van der Waals surface area (Å²) in [7, 11) is 1.67. The highest BCUT2D eigenvalue weighted by molar-refractivity contribution is 5.79. The second kappa shape index (κ2) is 10.5. The highest BCUT2D eigenvalue weighted by Crippen LogP contribution is 2.22. The van der Waals surface area contributed by atoms with Gasteiger partial charge in [0.2, 0.25) is 5.91 Å². The number of methoxy groups -OCH3 is 1. The van der Waals surface area contributed by atoms with Crippen LogP contribution in [0.25, 0.3) is 0 Å². The van der Waals surface area contributed by atoms with E-state index >= 15 is 0 Å². The summed E-state index contributed by atoms with van der Waals surface area (Å²) in [4.78, 5) is 17.4. The van der Waals surface area contributed by atoms with E-state index in [-0.39, 0.29) is 5.92 Å². The van der Waals surface area contributed by atoms with Gasteiger partial charge in [0.25, 0.3) is 0 Å². The number of hydrogen-bond acceptors (Lipinski definition) is 4. The molecule has 0 aliphatic carbocycles. The molecular weight excluding hydrogens is 340 g/mol. The summed E-state index contributed by atoms with van der Waals surface area (Å²) in [5, 5.41) is 0. The molecular formula is C22H34N2O3. The van der Waals surface area contributed by atoms with Gasteiger partial charge < -0.3 is 19.3 Å². The number of carbonyl (C=O) groups is 1. The first-order valence-electron chi connectivity index (χ1n) is 10.5. The van der Waals surface area contributed by atoms with Gasteiger partial charge in [0, 0.05) is 25.6 Å². The van der Waals surface area contributed by atoms with Crippen molar-refractivity contribution in [1.29, 1.82) is 0 Å². The van der Waals surface area contributed by atoms with Crippen LogP contribution in [0.5, 0.6) is 11.5 Å². The standard InChI is InChI=1S/C22H34N2O3/c1-26-20-7-9-21(10-8-20)27-18-6-13-23-16-11-19(12-17-23)22(25)24-14-4-2-3-5-15-24/h7-10,19H,2-6,11-18H2,1H3. The minimum absolute atomic E-state index is 0.245. The summed E-state index contributed by atoms with van der Waals surface area (Å²) in [6.07, 6.45) is 7.94. The molecule has 0 aromatic heterocycles. The van der Waals surface area contributed by atoms with Crippen LogP contribution in [0, 0.1) is 5.92 Å². The lowest BCUT2D eigenvalue weighted by atomic mass is 9.95. The number of amides is 1. The molecule has 0 radical (unpaired) electrons. The zero-order chi connectivity index (χ0) is 18.9. The Balaban J connectivity index is 1.31. The lowest BCUT2D eigenvalue weighted by Gasteiger charge is -2.34. The average Bonchev–Trinajstić information content (AvgIpc) is 3.01. The Bertz CT molecular complexity index is 559. The van der Waals surface area contributed by atoms with Gasteiger partial charge >= 0.3 is 0 Å². The van der Waals surface area contributed by atoms with Crippen LogP contribution in [0.1, 0.15) is 44.9 Å². The molecule has 1 aromatic carbocycles. The predicted octanol–water partition coefficient (Wildman–Crippen LogP) is 3.58. The molecule has 2 aliphatic heterocycles. The molecule has 2 heterocycles. The van der Waals surface area contributed by atoms with E-state index in [9.17, 15) is 4.79 Å². The molecule has 150 valence electrons. The van der Waals surface area contributed by atoms with Crippen LogP contribution in [0.3, 0.4) is 0 Å². The summed E-state index contributed by atoms with van der Waals surface area (Å²) < 4.78 is 11.0. The molecule has 1 aromatic rings. The van der Waals surface area contributed by atoms with Crippen molar-refractivity contribution in [2.45, 2.75) is 44.9 Å². The average molecular weight is 375 g/mol. The summed E-state index contributed by atoms with van der Waals surface area (Å²) in [5.74, 6) is 2.40. The van der Waals surface area contributed by atoms with Crippen LogP contribution >= 0.6 is 0 Å². The monoisotopic (exact) mass is 374 g/mol. The smallest absolute Gasteiger partial charge is 0.225 e. The van der Waals surface area contributed by atoms with Crippen LogP contribution in [-0.4, -0.2) is 62.1 Å². The van der Waals surface area contributed by atoms with E-state index in [0.29, 0.717) is 5.91 Å². The Hall–Kier alpha value is -1.75. The molecule has 0 spiro atoms. The third kappa shape index (κ3) is 6.13. The zero-order valence-corrected chi connectivity index (χ0v) is 16.7. The second-order valence-corrected chi connectivity index (χ2v) is 7.73. The van der Waals surface area contributed by atoms with Crippen molar-refractivity contribution >= 4 is 5.91 Å². The Morgan fingerprint density at radius 1 is 0.963 bits per heavy atom. The number of ether oxygens (including phenoxy) is 2. The van der Waals surface area contributed by atoms with Gasteiger partial charge in [0.05, 0.1) is 13.7 Å². The molecule has 0 saturated carbocycles. The highest BCUT2D eigenvalue weighted by Gasteiger charge is 2.28. The van der Waals surface area contributed by atoms with Crippen LogP contribution in [0.15, 0.2) is 24.3 Å². The van der Waals surface area contributed by atoms with Crippen molar-refractivity contribution in [3.63, 3.8) is 0 Å².